The van der Waals surface area contributed by atoms with E-state index in [0.29, 0.717) is 15.5 Å². The van der Waals surface area contributed by atoms with Gasteiger partial charge in [-0.1, -0.05) is 22.9 Å². The molecule has 0 spiro atoms. The van der Waals surface area contributed by atoms with Crippen molar-refractivity contribution in [1.82, 2.24) is 19.6 Å². The van der Waals surface area contributed by atoms with Gasteiger partial charge in [0.15, 0.2) is 0 Å². The minimum absolute atomic E-state index is 0.0716. The molecule has 0 aliphatic rings. The molecule has 0 aromatic carbocycles. The van der Waals surface area contributed by atoms with Crippen molar-refractivity contribution in [2.75, 3.05) is 0 Å². The van der Waals surface area contributed by atoms with Crippen LogP contribution in [-0.4, -0.2) is 24.5 Å². The SMILES string of the molecule is O=c1cc(Cl)nc2sc(-c3cncc([N+](=O)[O-])c3)nn12. The zero-order valence-corrected chi connectivity index (χ0v) is 11.1. The molecule has 0 fully saturated rings. The lowest BCUT2D eigenvalue weighted by molar-refractivity contribution is -0.385. The van der Waals surface area contributed by atoms with Crippen LogP contribution in [0.25, 0.3) is 15.5 Å². The van der Waals surface area contributed by atoms with Crippen molar-refractivity contribution in [2.45, 2.75) is 0 Å². The molecule has 100 valence electrons. The number of rotatable bonds is 2. The Bertz CT molecular complexity index is 890. The van der Waals surface area contributed by atoms with Crippen LogP contribution in [-0.2, 0) is 0 Å². The van der Waals surface area contributed by atoms with Gasteiger partial charge in [-0.05, 0) is 0 Å². The van der Waals surface area contributed by atoms with Gasteiger partial charge < -0.3 is 0 Å². The van der Waals surface area contributed by atoms with Crippen molar-refractivity contribution in [3.8, 4) is 10.6 Å². The summed E-state index contributed by atoms with van der Waals surface area (Å²) < 4.78 is 1.09. The largest absolute Gasteiger partial charge is 0.288 e. The number of hydrogen-bond donors (Lipinski definition) is 0. The summed E-state index contributed by atoms with van der Waals surface area (Å²) in [6, 6.07) is 2.47. The lowest BCUT2D eigenvalue weighted by Crippen LogP contribution is -2.13. The Hall–Kier alpha value is -2.39. The molecule has 0 aliphatic heterocycles. The lowest BCUT2D eigenvalue weighted by atomic mass is 10.3. The van der Waals surface area contributed by atoms with E-state index in [-0.39, 0.29) is 10.8 Å². The van der Waals surface area contributed by atoms with Crippen molar-refractivity contribution in [3.63, 3.8) is 0 Å². The Morgan fingerprint density at radius 1 is 1.35 bits per heavy atom. The van der Waals surface area contributed by atoms with Gasteiger partial charge in [-0.3, -0.25) is 19.9 Å². The summed E-state index contributed by atoms with van der Waals surface area (Å²) in [6.45, 7) is 0. The van der Waals surface area contributed by atoms with E-state index >= 15 is 0 Å². The van der Waals surface area contributed by atoms with E-state index < -0.39 is 10.5 Å². The molecule has 0 radical (unpaired) electrons. The molecular formula is C10H4ClN5O3S. The Labute approximate surface area is 119 Å². The molecule has 0 amide bonds. The number of fused-ring (bicyclic) bond motifs is 1. The molecule has 0 unspecified atom stereocenters. The van der Waals surface area contributed by atoms with Crippen LogP contribution in [0.3, 0.4) is 0 Å². The average molecular weight is 310 g/mol. The first-order chi connectivity index (χ1) is 9.54. The molecular weight excluding hydrogens is 306 g/mol. The predicted octanol–water partition coefficient (Wildman–Crippen LogP) is 1.77. The third-order valence-electron chi connectivity index (χ3n) is 2.40. The maximum atomic E-state index is 11.7. The molecule has 0 saturated carbocycles. The monoisotopic (exact) mass is 309 g/mol. The van der Waals surface area contributed by atoms with Crippen molar-refractivity contribution in [1.29, 1.82) is 0 Å². The standard InChI is InChI=1S/C10H4ClN5O3S/c11-7-2-8(17)15-10(13-7)20-9(14-15)5-1-6(16(18)19)4-12-3-5/h1-4H. The summed E-state index contributed by atoms with van der Waals surface area (Å²) in [5.41, 5.74) is -0.133. The van der Waals surface area contributed by atoms with Gasteiger partial charge in [0.2, 0.25) is 4.96 Å². The zero-order valence-electron chi connectivity index (χ0n) is 9.56. The highest BCUT2D eigenvalue weighted by molar-refractivity contribution is 7.19. The summed E-state index contributed by atoms with van der Waals surface area (Å²) in [6.07, 6.45) is 2.56. The Morgan fingerprint density at radius 3 is 2.90 bits per heavy atom. The van der Waals surface area contributed by atoms with Gasteiger partial charge in [-0.25, -0.2) is 4.98 Å². The number of halogens is 1. The Kier molecular flexibility index (Phi) is 2.92. The van der Waals surface area contributed by atoms with E-state index in [1.165, 1.54) is 12.3 Å². The molecule has 8 nitrogen and oxygen atoms in total. The van der Waals surface area contributed by atoms with E-state index in [2.05, 4.69) is 15.1 Å². The fourth-order valence-electron chi connectivity index (χ4n) is 1.55. The molecule has 20 heavy (non-hydrogen) atoms. The molecule has 0 atom stereocenters. The third kappa shape index (κ3) is 2.12. The van der Waals surface area contributed by atoms with Gasteiger partial charge >= 0.3 is 0 Å². The molecule has 3 aromatic rings. The van der Waals surface area contributed by atoms with Crippen LogP contribution in [0.4, 0.5) is 5.69 Å². The average Bonchev–Trinajstić information content (AvgIpc) is 2.83. The molecule has 3 rings (SSSR count). The maximum absolute atomic E-state index is 11.7. The number of nitrogens with zero attached hydrogens (tertiary/aromatic N) is 5. The van der Waals surface area contributed by atoms with E-state index in [4.69, 9.17) is 11.6 Å². The van der Waals surface area contributed by atoms with Gasteiger partial charge in [0, 0.05) is 23.9 Å². The summed E-state index contributed by atoms with van der Waals surface area (Å²) in [7, 11) is 0. The second kappa shape index (κ2) is 4.62. The summed E-state index contributed by atoms with van der Waals surface area (Å²) in [4.78, 5) is 29.9. The van der Waals surface area contributed by atoms with E-state index in [0.717, 1.165) is 28.1 Å². The van der Waals surface area contributed by atoms with Crippen molar-refractivity contribution >= 4 is 33.6 Å². The first kappa shape index (κ1) is 12.6. The topological polar surface area (TPSA) is 103 Å². The quantitative estimate of drug-likeness (QED) is 0.406. The first-order valence-electron chi connectivity index (χ1n) is 5.21. The fraction of sp³-hybridized carbons (Fsp3) is 0. The highest BCUT2D eigenvalue weighted by Crippen LogP contribution is 2.26. The molecule has 0 N–H and O–H groups in total. The van der Waals surface area contributed by atoms with Crippen LogP contribution in [0.5, 0.6) is 0 Å². The van der Waals surface area contributed by atoms with Gasteiger partial charge in [-0.15, -0.1) is 0 Å². The number of aromatic nitrogens is 4. The van der Waals surface area contributed by atoms with Crippen molar-refractivity contribution in [2.24, 2.45) is 0 Å². The summed E-state index contributed by atoms with van der Waals surface area (Å²) in [5, 5.41) is 15.2. The highest BCUT2D eigenvalue weighted by atomic mass is 35.5. The zero-order chi connectivity index (χ0) is 14.3. The van der Waals surface area contributed by atoms with E-state index in [9.17, 15) is 14.9 Å². The van der Waals surface area contributed by atoms with E-state index in [1.54, 1.807) is 0 Å². The Balaban J connectivity index is 2.20. The van der Waals surface area contributed by atoms with Crippen LogP contribution < -0.4 is 5.56 Å². The molecule has 0 saturated heterocycles. The Morgan fingerprint density at radius 2 is 2.15 bits per heavy atom. The van der Waals surface area contributed by atoms with Crippen LogP contribution in [0, 0.1) is 10.1 Å². The molecule has 10 heteroatoms. The van der Waals surface area contributed by atoms with Crippen LogP contribution in [0.2, 0.25) is 5.15 Å². The van der Waals surface area contributed by atoms with Gasteiger partial charge in [0.25, 0.3) is 11.2 Å². The minimum atomic E-state index is -0.550. The molecule has 3 heterocycles. The first-order valence-corrected chi connectivity index (χ1v) is 6.40. The van der Waals surface area contributed by atoms with E-state index in [1.807, 2.05) is 0 Å². The molecule has 0 bridgehead atoms. The van der Waals surface area contributed by atoms with Crippen molar-refractivity contribution in [3.05, 3.63) is 50.1 Å². The lowest BCUT2D eigenvalue weighted by Gasteiger charge is -1.94. The van der Waals surface area contributed by atoms with Gasteiger partial charge in [0.1, 0.15) is 16.4 Å². The molecule has 0 aliphatic carbocycles. The maximum Gasteiger partial charge on any atom is 0.288 e. The normalized spacial score (nSPS) is 10.8. The summed E-state index contributed by atoms with van der Waals surface area (Å²) >= 11 is 6.79. The predicted molar refractivity (Wildman–Crippen MR) is 72.0 cm³/mol. The fourth-order valence-corrected chi connectivity index (χ4v) is 2.66. The van der Waals surface area contributed by atoms with Gasteiger partial charge in [0.05, 0.1) is 4.92 Å². The van der Waals surface area contributed by atoms with Crippen LogP contribution in [0.1, 0.15) is 0 Å². The number of nitro groups is 1. The number of hydrogen-bond acceptors (Lipinski definition) is 7. The second-order valence-electron chi connectivity index (χ2n) is 3.71. The van der Waals surface area contributed by atoms with Crippen LogP contribution in [0.15, 0.2) is 29.3 Å². The minimum Gasteiger partial charge on any atom is -0.267 e. The summed E-state index contributed by atoms with van der Waals surface area (Å²) in [5.74, 6) is 0. The third-order valence-corrected chi connectivity index (χ3v) is 3.55. The number of pyridine rings is 1. The van der Waals surface area contributed by atoms with Crippen LogP contribution >= 0.6 is 22.9 Å². The van der Waals surface area contributed by atoms with Crippen molar-refractivity contribution < 1.29 is 4.92 Å². The highest BCUT2D eigenvalue weighted by Gasteiger charge is 2.13. The molecule has 3 aromatic heterocycles. The van der Waals surface area contributed by atoms with Gasteiger partial charge in [-0.2, -0.15) is 9.61 Å². The smallest absolute Gasteiger partial charge is 0.267 e. The second-order valence-corrected chi connectivity index (χ2v) is 5.05.